The second kappa shape index (κ2) is 12.0. The lowest BCUT2D eigenvalue weighted by atomic mass is 9.94. The van der Waals surface area contributed by atoms with Crippen molar-refractivity contribution in [2.45, 2.75) is 44.8 Å². The molecule has 0 saturated carbocycles. The maximum Gasteiger partial charge on any atom is 0.282 e. The van der Waals surface area contributed by atoms with Gasteiger partial charge < -0.3 is 24.3 Å². The molecule has 2 atom stereocenters. The Morgan fingerprint density at radius 3 is 2.65 bits per heavy atom. The Morgan fingerprint density at radius 2 is 1.95 bits per heavy atom. The van der Waals surface area contributed by atoms with E-state index in [1.807, 2.05) is 25.1 Å². The third-order valence-corrected chi connectivity index (χ3v) is 9.44. The summed E-state index contributed by atoms with van der Waals surface area (Å²) < 4.78 is 20.1. The number of ether oxygens (including phenoxy) is 1. The number of carbonyl (C=O) groups is 1. The summed E-state index contributed by atoms with van der Waals surface area (Å²) in [4.78, 5) is 25.6. The molecule has 3 aromatic rings. The zero-order valence-corrected chi connectivity index (χ0v) is 25.4. The topological polar surface area (TPSA) is 75.9 Å². The van der Waals surface area contributed by atoms with E-state index in [9.17, 15) is 14.4 Å². The highest BCUT2D eigenvalue weighted by Gasteiger charge is 2.34. The van der Waals surface area contributed by atoms with Crippen molar-refractivity contribution in [2.75, 3.05) is 56.2 Å². The Hall–Kier alpha value is -3.87. The monoisotopic (exact) mass is 602 g/mol. The molecule has 0 N–H and O–H groups in total. The van der Waals surface area contributed by atoms with E-state index in [2.05, 4.69) is 52.6 Å². The third kappa shape index (κ3) is 5.50. The van der Waals surface area contributed by atoms with Gasteiger partial charge in [0.05, 0.1) is 5.02 Å². The van der Waals surface area contributed by atoms with Gasteiger partial charge in [0.25, 0.3) is 5.91 Å². The van der Waals surface area contributed by atoms with E-state index in [0.717, 1.165) is 59.3 Å². The number of nitriles is 1. The van der Waals surface area contributed by atoms with E-state index in [0.29, 0.717) is 55.7 Å². The molecule has 0 unspecified atom stereocenters. The van der Waals surface area contributed by atoms with Gasteiger partial charge in [-0.05, 0) is 57.3 Å². The summed E-state index contributed by atoms with van der Waals surface area (Å²) in [6.07, 6.45) is 2.83. The number of carbonyl (C=O) groups excluding carboxylic acids is 1. The molecule has 2 saturated heterocycles. The number of nitrogens with zero attached hydrogens (tertiary/aromatic N) is 6. The molecule has 2 aromatic carbocycles. The van der Waals surface area contributed by atoms with Gasteiger partial charge >= 0.3 is 0 Å². The van der Waals surface area contributed by atoms with Crippen LogP contribution in [0.15, 0.2) is 48.8 Å². The van der Waals surface area contributed by atoms with Gasteiger partial charge in [0.2, 0.25) is 5.88 Å². The Bertz CT molecular complexity index is 1620. The first-order valence-electron chi connectivity index (χ1n) is 14.9. The summed E-state index contributed by atoms with van der Waals surface area (Å²) in [5.74, 6) is -0.499. The fourth-order valence-electron chi connectivity index (χ4n) is 6.79. The minimum atomic E-state index is -0.949. The van der Waals surface area contributed by atoms with Crippen molar-refractivity contribution >= 4 is 39.8 Å². The second-order valence-electron chi connectivity index (χ2n) is 11.8. The predicted molar refractivity (Wildman–Crippen MR) is 167 cm³/mol. The number of benzene rings is 2. The van der Waals surface area contributed by atoms with Crippen LogP contribution in [-0.4, -0.2) is 79.2 Å². The van der Waals surface area contributed by atoms with Gasteiger partial charge in [-0.15, -0.1) is 0 Å². The van der Waals surface area contributed by atoms with Crippen molar-refractivity contribution in [1.82, 2.24) is 14.8 Å². The fourth-order valence-corrected chi connectivity index (χ4v) is 7.07. The van der Waals surface area contributed by atoms with E-state index in [4.69, 9.17) is 21.3 Å². The van der Waals surface area contributed by atoms with Crippen LogP contribution in [-0.2, 0) is 17.8 Å². The molecule has 0 radical (unpaired) electrons. The maximum absolute atomic E-state index is 13.7. The zero-order valence-electron chi connectivity index (χ0n) is 24.7. The first-order chi connectivity index (χ1) is 20.8. The van der Waals surface area contributed by atoms with Crippen LogP contribution in [0.3, 0.4) is 0 Å². The Balaban J connectivity index is 1.39. The van der Waals surface area contributed by atoms with Gasteiger partial charge in [-0.3, -0.25) is 4.79 Å². The number of anilines is 2. The quantitative estimate of drug-likeness (QED) is 0.354. The lowest BCUT2D eigenvalue weighted by molar-refractivity contribution is -0.131. The van der Waals surface area contributed by atoms with Gasteiger partial charge in [0.1, 0.15) is 24.1 Å². The normalized spacial score (nSPS) is 20.7. The summed E-state index contributed by atoms with van der Waals surface area (Å²) in [5, 5.41) is 13.2. The number of fused-ring (bicyclic) bond motifs is 2. The molecule has 0 aliphatic carbocycles. The number of amides is 1. The number of rotatable bonds is 6. The second-order valence-corrected chi connectivity index (χ2v) is 12.2. The van der Waals surface area contributed by atoms with Gasteiger partial charge in [-0.1, -0.05) is 42.4 Å². The molecule has 8 nitrogen and oxygen atoms in total. The molecule has 1 amide bonds. The summed E-state index contributed by atoms with van der Waals surface area (Å²) in [7, 11) is 2.10. The molecule has 4 heterocycles. The van der Waals surface area contributed by atoms with E-state index < -0.39 is 11.7 Å². The average Bonchev–Trinajstić information content (AvgIpc) is 3.42. The van der Waals surface area contributed by atoms with Crippen LogP contribution in [0.1, 0.15) is 36.5 Å². The highest BCUT2D eigenvalue weighted by atomic mass is 35.5. The third-order valence-electron chi connectivity index (χ3n) is 9.13. The van der Waals surface area contributed by atoms with Crippen LogP contribution in [0.2, 0.25) is 5.02 Å². The van der Waals surface area contributed by atoms with Crippen molar-refractivity contribution in [1.29, 1.82) is 5.26 Å². The lowest BCUT2D eigenvalue weighted by Gasteiger charge is -2.42. The van der Waals surface area contributed by atoms with E-state index in [-0.39, 0.29) is 12.1 Å². The highest BCUT2D eigenvalue weighted by Crippen LogP contribution is 2.40. The van der Waals surface area contributed by atoms with Gasteiger partial charge in [-0.25, -0.2) is 4.39 Å². The Labute approximate surface area is 256 Å². The number of pyridine rings is 1. The summed E-state index contributed by atoms with van der Waals surface area (Å²) >= 11 is 6.70. The minimum Gasteiger partial charge on any atom is -0.475 e. The van der Waals surface area contributed by atoms with Crippen LogP contribution in [0.25, 0.3) is 10.8 Å². The molecule has 6 rings (SSSR count). The maximum atomic E-state index is 13.7. The number of halogens is 2. The average molecular weight is 603 g/mol. The van der Waals surface area contributed by atoms with E-state index >= 15 is 0 Å². The smallest absolute Gasteiger partial charge is 0.282 e. The van der Waals surface area contributed by atoms with E-state index in [1.54, 1.807) is 0 Å². The lowest BCUT2D eigenvalue weighted by Crippen LogP contribution is -2.54. The van der Waals surface area contributed by atoms with Crippen molar-refractivity contribution < 1.29 is 13.9 Å². The first-order valence-corrected chi connectivity index (χ1v) is 15.3. The molecular weight excluding hydrogens is 567 g/mol. The molecule has 1 aromatic heterocycles. The van der Waals surface area contributed by atoms with Crippen molar-refractivity contribution in [3.05, 3.63) is 70.5 Å². The van der Waals surface area contributed by atoms with Crippen molar-refractivity contribution in [3.8, 4) is 11.9 Å². The van der Waals surface area contributed by atoms with Crippen LogP contribution < -0.4 is 14.5 Å². The van der Waals surface area contributed by atoms with Crippen molar-refractivity contribution in [2.24, 2.45) is 0 Å². The summed E-state index contributed by atoms with van der Waals surface area (Å²) in [5.41, 5.74) is 3.41. The molecule has 224 valence electrons. The standard InChI is InChI=1S/C33H36ClFN6O2/c1-21-18-40(15-16-41(21)33(42)22(2)35)31-25-12-14-39(29-11-5-8-23-7-4-10-28(34)30(23)29)19-27(25)26(17-36)32(37-31)43-20-24-9-6-13-38(24)3/h4-5,7-8,10-11,21,24H,2,6,9,12-16,18-20H2,1,3H3/t21-,24+/m1/s1. The number of likely N-dealkylation sites (tertiary alicyclic amines) is 1. The molecular formula is C33H36ClFN6O2. The number of likely N-dealkylation sites (N-methyl/N-ethyl adjacent to an activating group) is 1. The van der Waals surface area contributed by atoms with Crippen molar-refractivity contribution in [3.63, 3.8) is 0 Å². The number of hydrogen-bond donors (Lipinski definition) is 0. The molecule has 43 heavy (non-hydrogen) atoms. The summed E-state index contributed by atoms with van der Waals surface area (Å²) in [6, 6.07) is 14.5. The first kappa shape index (κ1) is 29.2. The number of aromatic nitrogens is 1. The zero-order chi connectivity index (χ0) is 30.2. The summed E-state index contributed by atoms with van der Waals surface area (Å²) in [6.45, 7) is 9.13. The Morgan fingerprint density at radius 1 is 1.16 bits per heavy atom. The largest absolute Gasteiger partial charge is 0.475 e. The molecule has 0 spiro atoms. The van der Waals surface area contributed by atoms with Crippen LogP contribution in [0.5, 0.6) is 5.88 Å². The van der Waals surface area contributed by atoms with Crippen LogP contribution in [0.4, 0.5) is 15.9 Å². The SMILES string of the molecule is C=C(F)C(=O)N1CCN(c2nc(OC[C@@H]3CCCN3C)c(C#N)c3c2CCN(c2cccc4cccc(Cl)c24)C3)C[C@H]1C. The highest BCUT2D eigenvalue weighted by molar-refractivity contribution is 6.36. The van der Waals surface area contributed by atoms with Crippen LogP contribution in [0, 0.1) is 11.3 Å². The van der Waals surface area contributed by atoms with Gasteiger partial charge in [0, 0.05) is 67.0 Å². The number of piperazine rings is 1. The molecule has 3 aliphatic heterocycles. The number of hydrogen-bond acceptors (Lipinski definition) is 7. The predicted octanol–water partition coefficient (Wildman–Crippen LogP) is 5.32. The molecule has 3 aliphatic rings. The molecule has 2 fully saturated rings. The fraction of sp³-hybridized carbons (Fsp3) is 0.424. The van der Waals surface area contributed by atoms with E-state index in [1.165, 1.54) is 4.90 Å². The molecule has 0 bridgehead atoms. The molecule has 10 heteroatoms. The van der Waals surface area contributed by atoms with Gasteiger partial charge in [-0.2, -0.15) is 10.2 Å². The van der Waals surface area contributed by atoms with Crippen LogP contribution >= 0.6 is 11.6 Å². The Kier molecular flexibility index (Phi) is 8.17. The van der Waals surface area contributed by atoms with Gasteiger partial charge in [0.15, 0.2) is 5.83 Å². The minimum absolute atomic E-state index is 0.240.